The first-order valence-electron chi connectivity index (χ1n) is 7.15. The molecular formula is C16H23NO2. The van der Waals surface area contributed by atoms with Crippen LogP contribution in [0.15, 0.2) is 30.3 Å². The fourth-order valence-electron chi connectivity index (χ4n) is 2.88. The van der Waals surface area contributed by atoms with E-state index < -0.39 is 11.5 Å². The molecule has 1 heterocycles. The number of hydrogen-bond donors (Lipinski definition) is 1. The zero-order valence-corrected chi connectivity index (χ0v) is 11.6. The Balaban J connectivity index is 2.18. The quantitative estimate of drug-likeness (QED) is 0.906. The number of hydrogen-bond acceptors (Lipinski definition) is 2. The third-order valence-corrected chi connectivity index (χ3v) is 4.16. The van der Waals surface area contributed by atoms with Crippen LogP contribution in [0.1, 0.15) is 38.2 Å². The van der Waals surface area contributed by atoms with Crippen molar-refractivity contribution in [3.8, 4) is 0 Å². The summed E-state index contributed by atoms with van der Waals surface area (Å²) in [5.41, 5.74) is 0.308. The molecule has 1 atom stereocenters. The number of aliphatic carboxylic acids is 1. The molecule has 1 fully saturated rings. The maximum atomic E-state index is 11.8. The average molecular weight is 261 g/mol. The molecule has 1 unspecified atom stereocenters. The molecule has 0 amide bonds. The Hall–Kier alpha value is -1.35. The van der Waals surface area contributed by atoms with Crippen molar-refractivity contribution in [2.45, 2.75) is 44.6 Å². The minimum atomic E-state index is -0.786. The van der Waals surface area contributed by atoms with E-state index in [-0.39, 0.29) is 0 Å². The molecule has 0 spiro atoms. The summed E-state index contributed by atoms with van der Waals surface area (Å²) in [6, 6.07) is 9.94. The molecule has 1 aromatic carbocycles. The summed E-state index contributed by atoms with van der Waals surface area (Å²) in [6.07, 6.45) is 5.23. The monoisotopic (exact) mass is 261 g/mol. The summed E-state index contributed by atoms with van der Waals surface area (Å²) in [4.78, 5) is 14.0. The summed E-state index contributed by atoms with van der Waals surface area (Å²) in [5, 5.41) is 9.70. The smallest absolute Gasteiger partial charge is 0.324 e. The molecule has 0 bridgehead atoms. The maximum Gasteiger partial charge on any atom is 0.324 e. The second-order valence-corrected chi connectivity index (χ2v) is 5.64. The van der Waals surface area contributed by atoms with Gasteiger partial charge in [0.05, 0.1) is 0 Å². The van der Waals surface area contributed by atoms with Crippen LogP contribution in [0.2, 0.25) is 0 Å². The van der Waals surface area contributed by atoms with E-state index in [1.54, 1.807) is 0 Å². The van der Waals surface area contributed by atoms with E-state index in [9.17, 15) is 9.90 Å². The fourth-order valence-corrected chi connectivity index (χ4v) is 2.88. The molecule has 2 rings (SSSR count). The molecule has 1 saturated heterocycles. The van der Waals surface area contributed by atoms with Gasteiger partial charge in [-0.05, 0) is 38.4 Å². The van der Waals surface area contributed by atoms with E-state index in [4.69, 9.17) is 0 Å². The first kappa shape index (κ1) is 14.1. The first-order chi connectivity index (χ1) is 9.13. The third-order valence-electron chi connectivity index (χ3n) is 4.16. The summed E-state index contributed by atoms with van der Waals surface area (Å²) in [5.74, 6) is -0.710. The van der Waals surface area contributed by atoms with Crippen molar-refractivity contribution < 1.29 is 9.90 Å². The van der Waals surface area contributed by atoms with Crippen LogP contribution < -0.4 is 0 Å². The van der Waals surface area contributed by atoms with Crippen LogP contribution >= 0.6 is 0 Å². The molecular weight excluding hydrogens is 238 g/mol. The van der Waals surface area contributed by atoms with Crippen LogP contribution in [0.25, 0.3) is 0 Å². The highest BCUT2D eigenvalue weighted by Gasteiger charge is 2.39. The van der Waals surface area contributed by atoms with Gasteiger partial charge in [-0.25, -0.2) is 0 Å². The van der Waals surface area contributed by atoms with Crippen molar-refractivity contribution in [3.63, 3.8) is 0 Å². The number of likely N-dealkylation sites (tertiary alicyclic amines) is 1. The van der Waals surface area contributed by atoms with Gasteiger partial charge in [-0.1, -0.05) is 43.2 Å². The van der Waals surface area contributed by atoms with Gasteiger partial charge in [0, 0.05) is 6.42 Å². The van der Waals surface area contributed by atoms with Crippen LogP contribution in [0, 0.1) is 0 Å². The highest BCUT2D eigenvalue weighted by atomic mass is 16.4. The van der Waals surface area contributed by atoms with E-state index in [1.807, 2.05) is 37.3 Å². The lowest BCUT2D eigenvalue weighted by atomic mass is 9.90. The minimum absolute atomic E-state index is 0.573. The van der Waals surface area contributed by atoms with Crippen molar-refractivity contribution in [3.05, 3.63) is 35.9 Å². The molecule has 104 valence electrons. The summed E-state index contributed by atoms with van der Waals surface area (Å²) >= 11 is 0. The van der Waals surface area contributed by atoms with E-state index in [0.717, 1.165) is 31.5 Å². The van der Waals surface area contributed by atoms with Gasteiger partial charge in [0.15, 0.2) is 0 Å². The zero-order chi connectivity index (χ0) is 13.7. The normalized spacial score (nSPS) is 20.5. The van der Waals surface area contributed by atoms with Gasteiger partial charge in [-0.2, -0.15) is 0 Å². The largest absolute Gasteiger partial charge is 0.480 e. The van der Waals surface area contributed by atoms with Crippen LogP contribution in [0.4, 0.5) is 0 Å². The van der Waals surface area contributed by atoms with E-state index in [1.165, 1.54) is 12.8 Å². The second kappa shape index (κ2) is 6.20. The van der Waals surface area contributed by atoms with Gasteiger partial charge in [0.1, 0.15) is 5.54 Å². The third kappa shape index (κ3) is 3.35. The Labute approximate surface area is 115 Å². The lowest BCUT2D eigenvalue weighted by Gasteiger charge is -2.37. The van der Waals surface area contributed by atoms with Gasteiger partial charge in [-0.3, -0.25) is 9.69 Å². The summed E-state index contributed by atoms with van der Waals surface area (Å²) < 4.78 is 0. The van der Waals surface area contributed by atoms with Crippen molar-refractivity contribution in [2.75, 3.05) is 13.1 Å². The number of nitrogens with zero attached hydrogens (tertiary/aromatic N) is 1. The predicted molar refractivity (Wildman–Crippen MR) is 76.2 cm³/mol. The zero-order valence-electron chi connectivity index (χ0n) is 11.6. The van der Waals surface area contributed by atoms with E-state index in [2.05, 4.69) is 4.90 Å². The number of carboxylic acids is 1. The van der Waals surface area contributed by atoms with Crippen LogP contribution in [-0.4, -0.2) is 34.6 Å². The maximum absolute atomic E-state index is 11.8. The van der Waals surface area contributed by atoms with Gasteiger partial charge < -0.3 is 5.11 Å². The fraction of sp³-hybridized carbons (Fsp3) is 0.562. The summed E-state index contributed by atoms with van der Waals surface area (Å²) in [7, 11) is 0. The lowest BCUT2D eigenvalue weighted by Crippen LogP contribution is -2.54. The first-order valence-corrected chi connectivity index (χ1v) is 7.15. The lowest BCUT2D eigenvalue weighted by molar-refractivity contribution is -0.150. The van der Waals surface area contributed by atoms with Crippen LogP contribution in [-0.2, 0) is 11.2 Å². The second-order valence-electron chi connectivity index (χ2n) is 5.64. The number of benzene rings is 1. The highest BCUT2D eigenvalue weighted by Crippen LogP contribution is 2.25. The Morgan fingerprint density at radius 2 is 1.74 bits per heavy atom. The van der Waals surface area contributed by atoms with E-state index in [0.29, 0.717) is 6.42 Å². The Kier molecular flexibility index (Phi) is 4.59. The van der Waals surface area contributed by atoms with Crippen molar-refractivity contribution in [2.24, 2.45) is 0 Å². The SMILES string of the molecule is CC(Cc1ccccc1)(C(=O)O)N1CCCCCC1. The standard InChI is InChI=1S/C16H23NO2/c1-16(15(18)19,13-14-9-5-4-6-10-14)17-11-7-2-3-8-12-17/h4-6,9-10H,2-3,7-8,11-13H2,1H3,(H,18,19). The molecule has 1 aliphatic rings. The Morgan fingerprint density at radius 1 is 1.16 bits per heavy atom. The number of carbonyl (C=O) groups is 1. The minimum Gasteiger partial charge on any atom is -0.480 e. The van der Waals surface area contributed by atoms with E-state index >= 15 is 0 Å². The van der Waals surface area contributed by atoms with Gasteiger partial charge >= 0.3 is 5.97 Å². The van der Waals surface area contributed by atoms with Crippen molar-refractivity contribution in [1.29, 1.82) is 0 Å². The molecule has 1 aliphatic heterocycles. The molecule has 3 nitrogen and oxygen atoms in total. The van der Waals surface area contributed by atoms with Gasteiger partial charge in [0.25, 0.3) is 0 Å². The summed E-state index contributed by atoms with van der Waals surface area (Å²) in [6.45, 7) is 3.67. The highest BCUT2D eigenvalue weighted by molar-refractivity contribution is 5.78. The molecule has 3 heteroatoms. The van der Waals surface area contributed by atoms with Gasteiger partial charge in [-0.15, -0.1) is 0 Å². The van der Waals surface area contributed by atoms with Crippen molar-refractivity contribution >= 4 is 5.97 Å². The molecule has 0 saturated carbocycles. The topological polar surface area (TPSA) is 40.5 Å². The molecule has 0 radical (unpaired) electrons. The molecule has 0 aromatic heterocycles. The van der Waals surface area contributed by atoms with Crippen LogP contribution in [0.5, 0.6) is 0 Å². The molecule has 1 N–H and O–H groups in total. The predicted octanol–water partition coefficient (Wildman–Crippen LogP) is 2.95. The molecule has 0 aliphatic carbocycles. The average Bonchev–Trinajstić information content (AvgIpc) is 2.68. The number of carboxylic acid groups (broad SMARTS) is 1. The Bertz CT molecular complexity index is 410. The van der Waals surface area contributed by atoms with Crippen LogP contribution in [0.3, 0.4) is 0 Å². The molecule has 19 heavy (non-hydrogen) atoms. The van der Waals surface area contributed by atoms with Gasteiger partial charge in [0.2, 0.25) is 0 Å². The molecule has 1 aromatic rings. The Morgan fingerprint density at radius 3 is 2.26 bits per heavy atom. The van der Waals surface area contributed by atoms with Crippen molar-refractivity contribution in [1.82, 2.24) is 4.90 Å². The number of rotatable bonds is 4.